The van der Waals surface area contributed by atoms with E-state index in [1.54, 1.807) is 18.3 Å². The minimum Gasteiger partial charge on any atom is -0.368 e. The second kappa shape index (κ2) is 8.42. The van der Waals surface area contributed by atoms with Crippen molar-refractivity contribution in [2.24, 2.45) is 0 Å². The van der Waals surface area contributed by atoms with Gasteiger partial charge in [0, 0.05) is 35.3 Å². The highest BCUT2D eigenvalue weighted by atomic mass is 35.5. The molecule has 0 aliphatic carbocycles. The molecule has 2 heterocycles. The standard InChI is InChI=1S/C21H17Cl2N5/c22-14-8-9-15(17(23)13-14)21-27-18-6-2-1-5-16(18)20(28-21)26-12-11-25-19-7-3-4-10-24-19/h1-10,13H,11-12H2,(H,24,25)(H,26,27,28). The number of anilines is 2. The predicted octanol–water partition coefficient (Wildman–Crippen LogP) is 5.52. The first-order valence-corrected chi connectivity index (χ1v) is 9.57. The summed E-state index contributed by atoms with van der Waals surface area (Å²) in [5.74, 6) is 2.15. The Balaban J connectivity index is 1.59. The number of aromatic nitrogens is 3. The molecular formula is C21H17Cl2N5. The fraction of sp³-hybridized carbons (Fsp3) is 0.0952. The van der Waals surface area contributed by atoms with Crippen LogP contribution in [0, 0.1) is 0 Å². The largest absolute Gasteiger partial charge is 0.368 e. The molecule has 2 aromatic heterocycles. The first-order valence-electron chi connectivity index (χ1n) is 8.82. The Labute approximate surface area is 172 Å². The van der Waals surface area contributed by atoms with Gasteiger partial charge < -0.3 is 10.6 Å². The van der Waals surface area contributed by atoms with Gasteiger partial charge in [-0.3, -0.25) is 0 Å². The van der Waals surface area contributed by atoms with E-state index in [1.165, 1.54) is 0 Å². The van der Waals surface area contributed by atoms with Crippen molar-refractivity contribution in [1.29, 1.82) is 0 Å². The average Bonchev–Trinajstić information content (AvgIpc) is 2.72. The minimum atomic E-state index is 0.519. The Morgan fingerprint density at radius 1 is 0.821 bits per heavy atom. The van der Waals surface area contributed by atoms with Crippen LogP contribution in [0.15, 0.2) is 66.9 Å². The molecule has 5 nitrogen and oxygen atoms in total. The highest BCUT2D eigenvalue weighted by Crippen LogP contribution is 2.31. The van der Waals surface area contributed by atoms with Crippen molar-refractivity contribution in [3.63, 3.8) is 0 Å². The summed E-state index contributed by atoms with van der Waals surface area (Å²) in [4.78, 5) is 13.6. The van der Waals surface area contributed by atoms with E-state index in [4.69, 9.17) is 28.2 Å². The van der Waals surface area contributed by atoms with Crippen LogP contribution in [0.25, 0.3) is 22.3 Å². The van der Waals surface area contributed by atoms with Crippen molar-refractivity contribution in [1.82, 2.24) is 15.0 Å². The van der Waals surface area contributed by atoms with Gasteiger partial charge in [0.1, 0.15) is 11.6 Å². The van der Waals surface area contributed by atoms with Crippen molar-refractivity contribution in [3.05, 3.63) is 76.9 Å². The number of hydrogen-bond donors (Lipinski definition) is 2. The van der Waals surface area contributed by atoms with Crippen LogP contribution >= 0.6 is 23.2 Å². The number of nitrogens with one attached hydrogen (secondary N) is 2. The molecule has 140 valence electrons. The van der Waals surface area contributed by atoms with Gasteiger partial charge in [0.15, 0.2) is 5.82 Å². The molecule has 0 saturated heterocycles. The zero-order chi connectivity index (χ0) is 19.3. The van der Waals surface area contributed by atoms with Crippen LogP contribution in [-0.4, -0.2) is 28.0 Å². The number of hydrogen-bond acceptors (Lipinski definition) is 5. The number of halogens is 2. The van der Waals surface area contributed by atoms with E-state index >= 15 is 0 Å². The molecule has 0 saturated carbocycles. The number of benzene rings is 2. The van der Waals surface area contributed by atoms with E-state index < -0.39 is 0 Å². The van der Waals surface area contributed by atoms with Crippen LogP contribution in [0.2, 0.25) is 10.0 Å². The number of pyridine rings is 1. The Morgan fingerprint density at radius 3 is 2.46 bits per heavy atom. The van der Waals surface area contributed by atoms with Gasteiger partial charge in [0.05, 0.1) is 10.5 Å². The molecule has 0 aliphatic rings. The van der Waals surface area contributed by atoms with Gasteiger partial charge in [-0.2, -0.15) is 0 Å². The van der Waals surface area contributed by atoms with E-state index in [0.29, 0.717) is 29.0 Å². The molecule has 0 radical (unpaired) electrons. The average molecular weight is 410 g/mol. The van der Waals surface area contributed by atoms with Crippen molar-refractivity contribution < 1.29 is 0 Å². The fourth-order valence-electron chi connectivity index (χ4n) is 2.84. The molecule has 0 aliphatic heterocycles. The van der Waals surface area contributed by atoms with Crippen molar-refractivity contribution in [2.75, 3.05) is 23.7 Å². The van der Waals surface area contributed by atoms with Gasteiger partial charge in [-0.1, -0.05) is 41.4 Å². The number of nitrogens with zero attached hydrogens (tertiary/aromatic N) is 3. The molecule has 0 unspecified atom stereocenters. The topological polar surface area (TPSA) is 62.7 Å². The molecule has 0 atom stereocenters. The van der Waals surface area contributed by atoms with E-state index in [1.807, 2.05) is 48.5 Å². The lowest BCUT2D eigenvalue weighted by atomic mass is 10.2. The van der Waals surface area contributed by atoms with Crippen molar-refractivity contribution in [2.45, 2.75) is 0 Å². The summed E-state index contributed by atoms with van der Waals surface area (Å²) >= 11 is 12.4. The van der Waals surface area contributed by atoms with Gasteiger partial charge in [0.2, 0.25) is 0 Å². The monoisotopic (exact) mass is 409 g/mol. The molecule has 0 spiro atoms. The number of fused-ring (bicyclic) bond motifs is 1. The maximum absolute atomic E-state index is 6.36. The number of rotatable bonds is 6. The van der Waals surface area contributed by atoms with Crippen LogP contribution in [0.5, 0.6) is 0 Å². The summed E-state index contributed by atoms with van der Waals surface area (Å²) in [5, 5.41) is 8.71. The quantitative estimate of drug-likeness (QED) is 0.410. The van der Waals surface area contributed by atoms with Crippen molar-refractivity contribution >= 4 is 45.7 Å². The second-order valence-corrected chi connectivity index (χ2v) is 6.95. The third-order valence-electron chi connectivity index (χ3n) is 4.16. The summed E-state index contributed by atoms with van der Waals surface area (Å²) in [7, 11) is 0. The third kappa shape index (κ3) is 4.16. The van der Waals surface area contributed by atoms with Gasteiger partial charge in [-0.05, 0) is 42.5 Å². The summed E-state index contributed by atoms with van der Waals surface area (Å²) in [6.45, 7) is 1.37. The highest BCUT2D eigenvalue weighted by molar-refractivity contribution is 6.36. The molecule has 4 rings (SSSR count). The Bertz CT molecular complexity index is 1100. The van der Waals surface area contributed by atoms with Crippen LogP contribution in [0.1, 0.15) is 0 Å². The lowest BCUT2D eigenvalue weighted by Gasteiger charge is -2.12. The third-order valence-corrected chi connectivity index (χ3v) is 4.71. The Hall–Kier alpha value is -2.89. The fourth-order valence-corrected chi connectivity index (χ4v) is 3.33. The van der Waals surface area contributed by atoms with Crippen molar-refractivity contribution in [3.8, 4) is 11.4 Å². The lowest BCUT2D eigenvalue weighted by molar-refractivity contribution is 1.04. The minimum absolute atomic E-state index is 0.519. The molecule has 2 N–H and O–H groups in total. The van der Waals surface area contributed by atoms with E-state index in [9.17, 15) is 0 Å². The van der Waals surface area contributed by atoms with Crippen LogP contribution in [-0.2, 0) is 0 Å². The molecule has 0 bridgehead atoms. The Morgan fingerprint density at radius 2 is 1.64 bits per heavy atom. The van der Waals surface area contributed by atoms with Gasteiger partial charge in [-0.25, -0.2) is 15.0 Å². The molecule has 2 aromatic carbocycles. The maximum Gasteiger partial charge on any atom is 0.163 e. The lowest BCUT2D eigenvalue weighted by Crippen LogP contribution is -2.15. The van der Waals surface area contributed by atoms with Gasteiger partial charge in [0.25, 0.3) is 0 Å². The van der Waals surface area contributed by atoms with E-state index in [-0.39, 0.29) is 0 Å². The van der Waals surface area contributed by atoms with E-state index in [2.05, 4.69) is 20.6 Å². The summed E-state index contributed by atoms with van der Waals surface area (Å²) in [6, 6.07) is 19.0. The van der Waals surface area contributed by atoms with E-state index in [0.717, 1.165) is 28.1 Å². The first-order chi connectivity index (χ1) is 13.7. The predicted molar refractivity (Wildman–Crippen MR) is 116 cm³/mol. The Kier molecular flexibility index (Phi) is 5.55. The SMILES string of the molecule is Clc1ccc(-c2nc(NCCNc3ccccn3)c3ccccc3n2)c(Cl)c1. The number of para-hydroxylation sites is 1. The molecular weight excluding hydrogens is 393 g/mol. The molecule has 0 amide bonds. The summed E-state index contributed by atoms with van der Waals surface area (Å²) in [5.41, 5.74) is 1.59. The molecule has 7 heteroatoms. The molecule has 0 fully saturated rings. The second-order valence-electron chi connectivity index (χ2n) is 6.11. The van der Waals surface area contributed by atoms with Crippen LogP contribution in [0.3, 0.4) is 0 Å². The van der Waals surface area contributed by atoms with Gasteiger partial charge >= 0.3 is 0 Å². The van der Waals surface area contributed by atoms with Crippen LogP contribution < -0.4 is 10.6 Å². The first kappa shape index (κ1) is 18.5. The van der Waals surface area contributed by atoms with Crippen LogP contribution in [0.4, 0.5) is 11.6 Å². The zero-order valence-corrected chi connectivity index (χ0v) is 16.4. The maximum atomic E-state index is 6.36. The molecule has 4 aromatic rings. The normalized spacial score (nSPS) is 10.8. The smallest absolute Gasteiger partial charge is 0.163 e. The molecule has 28 heavy (non-hydrogen) atoms. The zero-order valence-electron chi connectivity index (χ0n) is 14.9. The summed E-state index contributed by atoms with van der Waals surface area (Å²) in [6.07, 6.45) is 1.76. The summed E-state index contributed by atoms with van der Waals surface area (Å²) < 4.78 is 0. The highest BCUT2D eigenvalue weighted by Gasteiger charge is 2.12. The van der Waals surface area contributed by atoms with Gasteiger partial charge in [-0.15, -0.1) is 0 Å².